The Balaban J connectivity index is 1.54. The number of aromatic hydroxyl groups is 1. The molecule has 1 amide bonds. The van der Waals surface area contributed by atoms with E-state index in [9.17, 15) is 14.7 Å². The number of aryl methyl sites for hydroxylation is 1. The van der Waals surface area contributed by atoms with Gasteiger partial charge in [-0.25, -0.2) is 0 Å². The number of para-hydroxylation sites is 1. The lowest BCUT2D eigenvalue weighted by Crippen LogP contribution is -2.35. The number of hydrogen-bond acceptors (Lipinski definition) is 6. The topological polar surface area (TPSA) is 76.1 Å². The van der Waals surface area contributed by atoms with Gasteiger partial charge in [0.2, 0.25) is 0 Å². The minimum atomic E-state index is -0.445. The molecule has 1 unspecified atom stereocenters. The largest absolute Gasteiger partial charge is 0.504 e. The molecular weight excluding hydrogens is 390 g/mol. The number of fused-ring (bicyclic) bond motifs is 1. The summed E-state index contributed by atoms with van der Waals surface area (Å²) in [5, 5.41) is 10.2. The number of carbonyl (C=O) groups is 2. The summed E-state index contributed by atoms with van der Waals surface area (Å²) in [6.45, 7) is 2.47. The Kier molecular flexibility index (Phi) is 7.04. The summed E-state index contributed by atoms with van der Waals surface area (Å²) >= 11 is 1.76. The van der Waals surface area contributed by atoms with Gasteiger partial charge >= 0.3 is 5.97 Å². The van der Waals surface area contributed by atoms with Crippen molar-refractivity contribution in [2.75, 3.05) is 25.2 Å². The van der Waals surface area contributed by atoms with E-state index in [0.29, 0.717) is 24.0 Å². The van der Waals surface area contributed by atoms with E-state index in [4.69, 9.17) is 9.47 Å². The van der Waals surface area contributed by atoms with E-state index < -0.39 is 5.97 Å². The smallest absolute Gasteiger partial charge is 0.306 e. The molecule has 7 heteroatoms. The highest BCUT2D eigenvalue weighted by molar-refractivity contribution is 8.00. The SMILES string of the molecule is COc1ccc(CCC(=O)OCC(=O)N2CCC(C)Sc3ccccc32)cc1O. The normalized spacial score (nSPS) is 15.9. The van der Waals surface area contributed by atoms with Gasteiger partial charge in [-0.1, -0.05) is 25.1 Å². The van der Waals surface area contributed by atoms with Crippen LogP contribution in [0.2, 0.25) is 0 Å². The Labute approximate surface area is 174 Å². The second-order valence-corrected chi connectivity index (χ2v) is 8.38. The van der Waals surface area contributed by atoms with Crippen LogP contribution in [-0.2, 0) is 20.7 Å². The van der Waals surface area contributed by atoms with Crippen molar-refractivity contribution in [1.29, 1.82) is 0 Å². The molecule has 1 N–H and O–H groups in total. The molecule has 6 nitrogen and oxygen atoms in total. The quantitative estimate of drug-likeness (QED) is 0.724. The zero-order valence-electron chi connectivity index (χ0n) is 16.6. The number of phenolic OH excluding ortho intramolecular Hbond substituents is 1. The highest BCUT2D eigenvalue weighted by Gasteiger charge is 2.24. The molecule has 0 aromatic heterocycles. The molecule has 0 radical (unpaired) electrons. The predicted octanol–water partition coefficient (Wildman–Crippen LogP) is 3.79. The highest BCUT2D eigenvalue weighted by atomic mass is 32.2. The lowest BCUT2D eigenvalue weighted by atomic mass is 10.1. The standard InChI is InChI=1S/C22H25NO5S/c1-15-11-12-23(17-5-3-4-6-20(17)29-15)21(25)14-28-22(26)10-8-16-7-9-19(27-2)18(24)13-16/h3-7,9,13,15,24H,8,10-12,14H2,1-2H3. The van der Waals surface area contributed by atoms with Crippen molar-refractivity contribution in [2.45, 2.75) is 36.3 Å². The van der Waals surface area contributed by atoms with Crippen molar-refractivity contribution in [3.8, 4) is 11.5 Å². The average molecular weight is 416 g/mol. The number of esters is 1. The van der Waals surface area contributed by atoms with Gasteiger partial charge in [-0.15, -0.1) is 11.8 Å². The molecule has 0 bridgehead atoms. The van der Waals surface area contributed by atoms with Crippen LogP contribution in [0, 0.1) is 0 Å². The Hall–Kier alpha value is -2.67. The fourth-order valence-corrected chi connectivity index (χ4v) is 4.29. The molecule has 154 valence electrons. The lowest BCUT2D eigenvalue weighted by molar-refractivity contribution is -0.147. The number of benzene rings is 2. The van der Waals surface area contributed by atoms with E-state index in [1.807, 2.05) is 24.3 Å². The molecule has 0 fully saturated rings. The third-order valence-electron chi connectivity index (χ3n) is 4.76. The zero-order chi connectivity index (χ0) is 20.8. The first-order valence-electron chi connectivity index (χ1n) is 9.55. The molecule has 0 aliphatic carbocycles. The number of nitrogens with zero attached hydrogens (tertiary/aromatic N) is 1. The number of thioether (sulfide) groups is 1. The molecule has 3 rings (SSSR count). The summed E-state index contributed by atoms with van der Waals surface area (Å²) in [4.78, 5) is 27.6. The van der Waals surface area contributed by atoms with E-state index in [2.05, 4.69) is 6.92 Å². The molecule has 29 heavy (non-hydrogen) atoms. The minimum Gasteiger partial charge on any atom is -0.504 e. The van der Waals surface area contributed by atoms with Gasteiger partial charge in [0.1, 0.15) is 0 Å². The number of phenols is 1. The highest BCUT2D eigenvalue weighted by Crippen LogP contribution is 2.37. The van der Waals surface area contributed by atoms with Crippen molar-refractivity contribution < 1.29 is 24.2 Å². The number of rotatable bonds is 6. The van der Waals surface area contributed by atoms with Crippen LogP contribution in [0.4, 0.5) is 5.69 Å². The first-order valence-corrected chi connectivity index (χ1v) is 10.4. The zero-order valence-corrected chi connectivity index (χ0v) is 17.4. The molecule has 0 spiro atoms. The van der Waals surface area contributed by atoms with Gasteiger partial charge < -0.3 is 19.5 Å². The van der Waals surface area contributed by atoms with Crippen LogP contribution in [0.15, 0.2) is 47.4 Å². The number of anilines is 1. The van der Waals surface area contributed by atoms with Crippen molar-refractivity contribution in [3.05, 3.63) is 48.0 Å². The van der Waals surface area contributed by atoms with Crippen molar-refractivity contribution in [3.63, 3.8) is 0 Å². The molecule has 1 aliphatic rings. The second kappa shape index (κ2) is 9.69. The van der Waals surface area contributed by atoms with Crippen LogP contribution in [0.3, 0.4) is 0 Å². The van der Waals surface area contributed by atoms with Gasteiger partial charge in [-0.3, -0.25) is 9.59 Å². The summed E-state index contributed by atoms with van der Waals surface area (Å²) < 4.78 is 10.2. The summed E-state index contributed by atoms with van der Waals surface area (Å²) in [5.41, 5.74) is 1.66. The minimum absolute atomic E-state index is 0.0282. The molecule has 2 aromatic carbocycles. The first kappa shape index (κ1) is 21.0. The van der Waals surface area contributed by atoms with Gasteiger partial charge in [-0.2, -0.15) is 0 Å². The van der Waals surface area contributed by atoms with E-state index >= 15 is 0 Å². The van der Waals surface area contributed by atoms with Crippen LogP contribution < -0.4 is 9.64 Å². The van der Waals surface area contributed by atoms with Gasteiger partial charge in [0.05, 0.1) is 12.8 Å². The number of ether oxygens (including phenoxy) is 2. The maximum atomic E-state index is 12.7. The van der Waals surface area contributed by atoms with Crippen LogP contribution in [0.5, 0.6) is 11.5 Å². The fraction of sp³-hybridized carbons (Fsp3) is 0.364. The lowest BCUT2D eigenvalue weighted by Gasteiger charge is -2.22. The Morgan fingerprint density at radius 3 is 2.79 bits per heavy atom. The van der Waals surface area contributed by atoms with Crippen LogP contribution in [0.1, 0.15) is 25.3 Å². The summed E-state index contributed by atoms with van der Waals surface area (Å²) in [5.74, 6) is -0.255. The number of amides is 1. The molecular formula is C22H25NO5S. The third kappa shape index (κ3) is 5.44. The van der Waals surface area contributed by atoms with Gasteiger partial charge in [-0.05, 0) is 42.7 Å². The Bertz CT molecular complexity index is 885. The van der Waals surface area contributed by atoms with Gasteiger partial charge in [0.25, 0.3) is 5.91 Å². The molecule has 2 aromatic rings. The monoisotopic (exact) mass is 415 g/mol. The number of methoxy groups -OCH3 is 1. The maximum Gasteiger partial charge on any atom is 0.306 e. The van der Waals surface area contributed by atoms with Crippen molar-refractivity contribution in [1.82, 2.24) is 0 Å². The van der Waals surface area contributed by atoms with E-state index in [1.54, 1.807) is 34.9 Å². The van der Waals surface area contributed by atoms with E-state index in [-0.39, 0.29) is 24.7 Å². The second-order valence-electron chi connectivity index (χ2n) is 6.90. The van der Waals surface area contributed by atoms with Crippen molar-refractivity contribution in [2.24, 2.45) is 0 Å². The van der Waals surface area contributed by atoms with Gasteiger partial charge in [0.15, 0.2) is 18.1 Å². The van der Waals surface area contributed by atoms with Crippen LogP contribution in [0.25, 0.3) is 0 Å². The molecule has 1 aliphatic heterocycles. The van der Waals surface area contributed by atoms with Gasteiger partial charge in [0, 0.05) is 23.1 Å². The average Bonchev–Trinajstić information content (AvgIpc) is 2.88. The van der Waals surface area contributed by atoms with E-state index in [0.717, 1.165) is 22.6 Å². The summed E-state index contributed by atoms with van der Waals surface area (Å²) in [6.07, 6.45) is 1.41. The summed E-state index contributed by atoms with van der Waals surface area (Å²) in [6, 6.07) is 12.8. The van der Waals surface area contributed by atoms with Crippen molar-refractivity contribution >= 4 is 29.3 Å². The number of hydrogen-bond donors (Lipinski definition) is 1. The van der Waals surface area contributed by atoms with Crippen LogP contribution >= 0.6 is 11.8 Å². The maximum absolute atomic E-state index is 12.7. The molecule has 0 saturated heterocycles. The predicted molar refractivity (Wildman–Crippen MR) is 113 cm³/mol. The molecule has 1 heterocycles. The fourth-order valence-electron chi connectivity index (χ4n) is 3.18. The Morgan fingerprint density at radius 2 is 2.03 bits per heavy atom. The Morgan fingerprint density at radius 1 is 1.24 bits per heavy atom. The van der Waals surface area contributed by atoms with E-state index in [1.165, 1.54) is 7.11 Å². The number of carbonyl (C=O) groups excluding carboxylic acids is 2. The molecule has 0 saturated carbocycles. The third-order valence-corrected chi connectivity index (χ3v) is 6.00. The first-order chi connectivity index (χ1) is 14.0. The molecule has 1 atom stereocenters. The van der Waals surface area contributed by atoms with Crippen LogP contribution in [-0.4, -0.2) is 42.5 Å². The summed E-state index contributed by atoms with van der Waals surface area (Å²) in [7, 11) is 1.48.